The second-order valence-corrected chi connectivity index (χ2v) is 9.70. The lowest BCUT2D eigenvalue weighted by Gasteiger charge is -2.40. The second-order valence-electron chi connectivity index (χ2n) is 9.70. The highest BCUT2D eigenvalue weighted by Gasteiger charge is 2.36. The molecular formula is C27H37N5. The molecule has 32 heavy (non-hydrogen) atoms. The van der Waals surface area contributed by atoms with Gasteiger partial charge < -0.3 is 9.88 Å². The maximum absolute atomic E-state index is 4.82. The average molecular weight is 432 g/mol. The zero-order valence-electron chi connectivity index (χ0n) is 19.6. The number of piperidine rings is 1. The molecular weight excluding hydrogens is 394 g/mol. The number of fused-ring (bicyclic) bond motifs is 1. The molecule has 0 spiro atoms. The Morgan fingerprint density at radius 2 is 1.81 bits per heavy atom. The van der Waals surface area contributed by atoms with Gasteiger partial charge in [0, 0.05) is 18.6 Å². The Balaban J connectivity index is 1.30. The van der Waals surface area contributed by atoms with Gasteiger partial charge >= 0.3 is 0 Å². The molecule has 2 N–H and O–H groups in total. The van der Waals surface area contributed by atoms with Gasteiger partial charge in [0.2, 0.25) is 0 Å². The minimum atomic E-state index is 0.288. The zero-order valence-corrected chi connectivity index (χ0v) is 19.6. The minimum Gasteiger partial charge on any atom is -0.325 e. The summed E-state index contributed by atoms with van der Waals surface area (Å²) in [7, 11) is 2.10. The molecule has 2 aromatic carbocycles. The van der Waals surface area contributed by atoms with Gasteiger partial charge in [-0.2, -0.15) is 0 Å². The van der Waals surface area contributed by atoms with E-state index in [0.717, 1.165) is 31.0 Å². The van der Waals surface area contributed by atoms with Crippen molar-refractivity contribution in [3.8, 4) is 0 Å². The van der Waals surface area contributed by atoms with Crippen molar-refractivity contribution in [3.63, 3.8) is 0 Å². The van der Waals surface area contributed by atoms with Gasteiger partial charge in [-0.1, -0.05) is 42.5 Å². The molecule has 0 amide bonds. The molecule has 2 fully saturated rings. The van der Waals surface area contributed by atoms with E-state index in [-0.39, 0.29) is 5.41 Å². The molecule has 1 aromatic heterocycles. The van der Waals surface area contributed by atoms with Crippen LogP contribution in [0.5, 0.6) is 0 Å². The van der Waals surface area contributed by atoms with Gasteiger partial charge in [0.15, 0.2) is 0 Å². The van der Waals surface area contributed by atoms with E-state index >= 15 is 0 Å². The number of aryl methyl sites for hydroxylation is 1. The molecule has 5 nitrogen and oxygen atoms in total. The summed E-state index contributed by atoms with van der Waals surface area (Å²) in [4.78, 5) is 4.82. The van der Waals surface area contributed by atoms with Gasteiger partial charge in [0.05, 0.1) is 11.0 Å². The van der Waals surface area contributed by atoms with E-state index in [1.54, 1.807) is 0 Å². The summed E-state index contributed by atoms with van der Waals surface area (Å²) >= 11 is 0. The standard InChI is InChI=1S/C27H37N5/c1-21-30-25-10-6-7-11-26(25)32(21)24-13-12-23(20-24)31(28-2)19-16-27(14-17-29-18-15-27)22-8-4-3-5-9-22/h3-11,23-24,28-29H,12-20H2,1-2H3. The van der Waals surface area contributed by atoms with E-state index < -0.39 is 0 Å². The van der Waals surface area contributed by atoms with Gasteiger partial charge in [-0.05, 0) is 88.7 Å². The number of hydrazine groups is 1. The fourth-order valence-corrected chi connectivity index (χ4v) is 6.27. The summed E-state index contributed by atoms with van der Waals surface area (Å²) in [5.74, 6) is 1.14. The van der Waals surface area contributed by atoms with Crippen LogP contribution in [0, 0.1) is 6.92 Å². The van der Waals surface area contributed by atoms with Crippen molar-refractivity contribution in [2.24, 2.45) is 0 Å². The SMILES string of the molecule is CNN(CCC1(c2ccccc2)CCNCC1)C1CCC(n2c(C)nc3ccccc32)C1. The van der Waals surface area contributed by atoms with Crippen molar-refractivity contribution >= 4 is 11.0 Å². The average Bonchev–Trinajstić information content (AvgIpc) is 3.44. The van der Waals surface area contributed by atoms with Crippen LogP contribution in [0.15, 0.2) is 54.6 Å². The fraction of sp³-hybridized carbons (Fsp3) is 0.519. The van der Waals surface area contributed by atoms with Crippen LogP contribution < -0.4 is 10.7 Å². The van der Waals surface area contributed by atoms with Gasteiger partial charge in [0.25, 0.3) is 0 Å². The predicted octanol–water partition coefficient (Wildman–Crippen LogP) is 4.59. The highest BCUT2D eigenvalue weighted by molar-refractivity contribution is 5.76. The van der Waals surface area contributed by atoms with E-state index in [2.05, 4.69) is 88.9 Å². The van der Waals surface area contributed by atoms with Crippen molar-refractivity contribution in [2.75, 3.05) is 26.7 Å². The Bertz CT molecular complexity index is 1020. The van der Waals surface area contributed by atoms with Crippen molar-refractivity contribution in [3.05, 3.63) is 66.0 Å². The maximum atomic E-state index is 4.82. The molecule has 1 aliphatic heterocycles. The minimum absolute atomic E-state index is 0.288. The topological polar surface area (TPSA) is 45.1 Å². The Kier molecular flexibility index (Phi) is 6.31. The Morgan fingerprint density at radius 1 is 1.06 bits per heavy atom. The molecule has 5 heteroatoms. The van der Waals surface area contributed by atoms with Crippen LogP contribution in [-0.2, 0) is 5.41 Å². The van der Waals surface area contributed by atoms with Crippen LogP contribution in [0.4, 0.5) is 0 Å². The van der Waals surface area contributed by atoms with Crippen LogP contribution in [-0.4, -0.2) is 47.3 Å². The molecule has 2 atom stereocenters. The molecule has 0 radical (unpaired) electrons. The lowest BCUT2D eigenvalue weighted by molar-refractivity contribution is 0.116. The first-order chi connectivity index (χ1) is 15.7. The number of imidazole rings is 1. The summed E-state index contributed by atoms with van der Waals surface area (Å²) in [5.41, 5.74) is 7.77. The van der Waals surface area contributed by atoms with Gasteiger partial charge in [0.1, 0.15) is 5.82 Å². The first-order valence-electron chi connectivity index (χ1n) is 12.3. The van der Waals surface area contributed by atoms with E-state index in [0.29, 0.717) is 12.1 Å². The molecule has 1 saturated heterocycles. The monoisotopic (exact) mass is 431 g/mol. The van der Waals surface area contributed by atoms with Crippen molar-refractivity contribution in [2.45, 2.75) is 62.9 Å². The number of aromatic nitrogens is 2. The number of para-hydroxylation sites is 2. The molecule has 3 aromatic rings. The quantitative estimate of drug-likeness (QED) is 0.537. The van der Waals surface area contributed by atoms with E-state index in [1.807, 2.05) is 0 Å². The predicted molar refractivity (Wildman–Crippen MR) is 132 cm³/mol. The first-order valence-corrected chi connectivity index (χ1v) is 12.3. The number of rotatable bonds is 7. The molecule has 1 aliphatic carbocycles. The summed E-state index contributed by atoms with van der Waals surface area (Å²) in [5, 5.41) is 6.10. The number of nitrogens with one attached hydrogen (secondary N) is 2. The smallest absolute Gasteiger partial charge is 0.106 e. The second kappa shape index (κ2) is 9.34. The lowest BCUT2D eigenvalue weighted by Crippen LogP contribution is -2.47. The van der Waals surface area contributed by atoms with Gasteiger partial charge in [-0.25, -0.2) is 9.99 Å². The third-order valence-electron chi connectivity index (χ3n) is 8.02. The molecule has 2 aliphatic rings. The summed E-state index contributed by atoms with van der Waals surface area (Å²) < 4.78 is 2.49. The van der Waals surface area contributed by atoms with E-state index in [9.17, 15) is 0 Å². The summed E-state index contributed by atoms with van der Waals surface area (Å²) in [6, 6.07) is 20.9. The largest absolute Gasteiger partial charge is 0.325 e. The normalized spacial score (nSPS) is 23.2. The highest BCUT2D eigenvalue weighted by atomic mass is 15.5. The van der Waals surface area contributed by atoms with E-state index in [4.69, 9.17) is 4.98 Å². The number of nitrogens with zero attached hydrogens (tertiary/aromatic N) is 3. The summed E-state index contributed by atoms with van der Waals surface area (Å²) in [6.07, 6.45) is 7.29. The van der Waals surface area contributed by atoms with Crippen LogP contribution >= 0.6 is 0 Å². The number of hydrogen-bond acceptors (Lipinski definition) is 4. The van der Waals surface area contributed by atoms with Crippen LogP contribution in [0.3, 0.4) is 0 Å². The van der Waals surface area contributed by atoms with Crippen LogP contribution in [0.1, 0.15) is 56.0 Å². The van der Waals surface area contributed by atoms with Crippen molar-refractivity contribution in [1.29, 1.82) is 0 Å². The molecule has 5 rings (SSSR count). The molecule has 0 bridgehead atoms. The maximum Gasteiger partial charge on any atom is 0.106 e. The first kappa shape index (κ1) is 21.6. The number of benzene rings is 2. The molecule has 1 saturated carbocycles. The van der Waals surface area contributed by atoms with Gasteiger partial charge in [-0.15, -0.1) is 0 Å². The molecule has 2 unspecified atom stereocenters. The Morgan fingerprint density at radius 3 is 2.59 bits per heavy atom. The molecule has 2 heterocycles. The summed E-state index contributed by atoms with van der Waals surface area (Å²) in [6.45, 7) is 5.48. The fourth-order valence-electron chi connectivity index (χ4n) is 6.27. The van der Waals surface area contributed by atoms with Crippen LogP contribution in [0.2, 0.25) is 0 Å². The Labute approximate surface area is 192 Å². The number of hydrogen-bond donors (Lipinski definition) is 2. The molecule has 170 valence electrons. The Hall–Kier alpha value is -2.21. The third-order valence-corrected chi connectivity index (χ3v) is 8.02. The lowest BCUT2D eigenvalue weighted by atomic mass is 9.71. The van der Waals surface area contributed by atoms with E-state index in [1.165, 1.54) is 49.6 Å². The zero-order chi connectivity index (χ0) is 22.0. The van der Waals surface area contributed by atoms with Crippen LogP contribution in [0.25, 0.3) is 11.0 Å². The van der Waals surface area contributed by atoms with Crippen molar-refractivity contribution in [1.82, 2.24) is 25.3 Å². The van der Waals surface area contributed by atoms with Gasteiger partial charge in [-0.3, -0.25) is 5.43 Å². The highest BCUT2D eigenvalue weighted by Crippen LogP contribution is 2.39. The third kappa shape index (κ3) is 4.09. The van der Waals surface area contributed by atoms with Crippen molar-refractivity contribution < 1.29 is 0 Å².